The van der Waals surface area contributed by atoms with E-state index in [9.17, 15) is 14.9 Å². The van der Waals surface area contributed by atoms with Crippen LogP contribution in [0.2, 0.25) is 0 Å². The van der Waals surface area contributed by atoms with E-state index in [1.54, 1.807) is 18.2 Å². The predicted molar refractivity (Wildman–Crippen MR) is 101 cm³/mol. The first-order valence-electron chi connectivity index (χ1n) is 9.11. The minimum absolute atomic E-state index is 0.0548. The first-order chi connectivity index (χ1) is 12.5. The van der Waals surface area contributed by atoms with Crippen LogP contribution in [0.5, 0.6) is 0 Å². The fourth-order valence-electron chi connectivity index (χ4n) is 3.59. The number of fused-ring (bicyclic) bond motifs is 1. The van der Waals surface area contributed by atoms with Crippen molar-refractivity contribution in [2.45, 2.75) is 39.2 Å². The van der Waals surface area contributed by atoms with Crippen LogP contribution < -0.4 is 10.9 Å². The molecule has 1 atom stereocenters. The third-order valence-corrected chi connectivity index (χ3v) is 4.80. The Morgan fingerprint density at radius 3 is 2.69 bits per heavy atom. The molecule has 0 aromatic carbocycles. The van der Waals surface area contributed by atoms with Gasteiger partial charge in [-0.05, 0) is 50.4 Å². The van der Waals surface area contributed by atoms with E-state index in [2.05, 4.69) is 29.0 Å². The molecule has 0 radical (unpaired) electrons. The standard InChI is InChI=1S/C18H25N5O3/c1-13(2)11-14(21-8-5-6-9-21)12-19-17-16(23(25)26)18(24)22-10-4-3-7-15(22)20-17/h3-4,7,10,13-14,19H,5-6,8-9,11-12H2,1-2H3/t14-/m1/s1. The molecule has 8 nitrogen and oxygen atoms in total. The largest absolute Gasteiger partial charge is 0.376 e. The van der Waals surface area contributed by atoms with Gasteiger partial charge in [-0.25, -0.2) is 4.98 Å². The van der Waals surface area contributed by atoms with Crippen molar-refractivity contribution in [1.29, 1.82) is 0 Å². The van der Waals surface area contributed by atoms with Gasteiger partial charge in [-0.1, -0.05) is 19.9 Å². The van der Waals surface area contributed by atoms with Crippen molar-refractivity contribution in [3.8, 4) is 0 Å². The lowest BCUT2D eigenvalue weighted by atomic mass is 10.0. The number of nitro groups is 1. The van der Waals surface area contributed by atoms with Gasteiger partial charge < -0.3 is 5.32 Å². The summed E-state index contributed by atoms with van der Waals surface area (Å²) in [6.45, 7) is 6.98. The normalized spacial score (nSPS) is 16.3. The van der Waals surface area contributed by atoms with Gasteiger partial charge in [0.15, 0.2) is 0 Å². The molecular formula is C18H25N5O3. The molecule has 140 valence electrons. The fourth-order valence-corrected chi connectivity index (χ4v) is 3.59. The summed E-state index contributed by atoms with van der Waals surface area (Å²) in [4.78, 5) is 30.1. The number of anilines is 1. The first-order valence-corrected chi connectivity index (χ1v) is 9.11. The van der Waals surface area contributed by atoms with Crippen LogP contribution in [0, 0.1) is 16.0 Å². The summed E-state index contributed by atoms with van der Waals surface area (Å²) in [5, 5.41) is 14.6. The minimum atomic E-state index is -0.662. The average Bonchev–Trinajstić information content (AvgIpc) is 3.12. The van der Waals surface area contributed by atoms with Crippen LogP contribution >= 0.6 is 0 Å². The number of hydrogen-bond acceptors (Lipinski definition) is 6. The number of nitrogens with one attached hydrogen (secondary N) is 1. The highest BCUT2D eigenvalue weighted by atomic mass is 16.6. The highest BCUT2D eigenvalue weighted by molar-refractivity contribution is 5.59. The lowest BCUT2D eigenvalue weighted by Crippen LogP contribution is -2.39. The van der Waals surface area contributed by atoms with Gasteiger partial charge in [0.25, 0.3) is 0 Å². The zero-order valence-corrected chi connectivity index (χ0v) is 15.2. The Kier molecular flexibility index (Phi) is 5.51. The summed E-state index contributed by atoms with van der Waals surface area (Å²) in [6, 6.07) is 5.35. The molecule has 3 rings (SSSR count). The van der Waals surface area contributed by atoms with Crippen molar-refractivity contribution < 1.29 is 4.92 Å². The zero-order valence-electron chi connectivity index (χ0n) is 15.2. The quantitative estimate of drug-likeness (QED) is 0.603. The summed E-state index contributed by atoms with van der Waals surface area (Å²) >= 11 is 0. The number of nitrogens with zero attached hydrogens (tertiary/aromatic N) is 4. The average molecular weight is 359 g/mol. The molecule has 8 heteroatoms. The van der Waals surface area contributed by atoms with Crippen molar-refractivity contribution >= 4 is 17.2 Å². The highest BCUT2D eigenvalue weighted by Crippen LogP contribution is 2.21. The summed E-state index contributed by atoms with van der Waals surface area (Å²) in [7, 11) is 0. The molecule has 3 heterocycles. The maximum atomic E-state index is 12.5. The number of pyridine rings is 1. The van der Waals surface area contributed by atoms with Gasteiger partial charge in [0.2, 0.25) is 5.82 Å². The molecule has 1 aliphatic rings. The van der Waals surface area contributed by atoms with E-state index in [4.69, 9.17) is 0 Å². The van der Waals surface area contributed by atoms with E-state index in [0.29, 0.717) is 18.1 Å². The zero-order chi connectivity index (χ0) is 18.7. The van der Waals surface area contributed by atoms with Crippen LogP contribution in [0.1, 0.15) is 33.1 Å². The maximum absolute atomic E-state index is 12.5. The SMILES string of the molecule is CC(C)C[C@H](CNc1nc2ccccn2c(=O)c1[N+](=O)[O-])N1CCCC1. The lowest BCUT2D eigenvalue weighted by molar-refractivity contribution is -0.385. The van der Waals surface area contributed by atoms with Crippen molar-refractivity contribution in [3.63, 3.8) is 0 Å². The Balaban J connectivity index is 1.90. The summed E-state index contributed by atoms with van der Waals surface area (Å²) in [5.41, 5.74) is -0.768. The van der Waals surface area contributed by atoms with E-state index in [1.807, 2.05) is 0 Å². The van der Waals surface area contributed by atoms with Crippen LogP contribution in [-0.4, -0.2) is 44.9 Å². The first kappa shape index (κ1) is 18.3. The van der Waals surface area contributed by atoms with Crippen LogP contribution in [0.4, 0.5) is 11.5 Å². The Hall–Kier alpha value is -2.48. The third kappa shape index (κ3) is 3.85. The topological polar surface area (TPSA) is 92.8 Å². The van der Waals surface area contributed by atoms with E-state index in [-0.39, 0.29) is 11.9 Å². The van der Waals surface area contributed by atoms with E-state index >= 15 is 0 Å². The molecule has 2 aromatic heterocycles. The second-order valence-electron chi connectivity index (χ2n) is 7.21. The number of aromatic nitrogens is 2. The monoisotopic (exact) mass is 359 g/mol. The second-order valence-corrected chi connectivity index (χ2v) is 7.21. The highest BCUT2D eigenvalue weighted by Gasteiger charge is 2.26. The molecule has 1 N–H and O–H groups in total. The number of rotatable bonds is 7. The smallest absolute Gasteiger partial charge is 0.363 e. The molecule has 0 spiro atoms. The van der Waals surface area contributed by atoms with Gasteiger partial charge in [-0.3, -0.25) is 24.2 Å². The molecule has 1 aliphatic heterocycles. The van der Waals surface area contributed by atoms with E-state index in [0.717, 1.165) is 19.5 Å². The van der Waals surface area contributed by atoms with Crippen LogP contribution in [-0.2, 0) is 0 Å². The Labute approximate surface area is 152 Å². The fraction of sp³-hybridized carbons (Fsp3) is 0.556. The molecule has 0 saturated carbocycles. The summed E-state index contributed by atoms with van der Waals surface area (Å²) in [6.07, 6.45) is 4.86. The van der Waals surface area contributed by atoms with Crippen LogP contribution in [0.15, 0.2) is 29.2 Å². The van der Waals surface area contributed by atoms with Gasteiger partial charge in [0.1, 0.15) is 5.65 Å². The maximum Gasteiger partial charge on any atom is 0.376 e. The molecule has 1 saturated heterocycles. The molecule has 2 aromatic rings. The summed E-state index contributed by atoms with van der Waals surface area (Å²) in [5.74, 6) is 0.576. The molecular weight excluding hydrogens is 334 g/mol. The predicted octanol–water partition coefficient (Wildman–Crippen LogP) is 2.53. The van der Waals surface area contributed by atoms with Crippen molar-refractivity contribution in [3.05, 3.63) is 44.9 Å². The van der Waals surface area contributed by atoms with Crippen molar-refractivity contribution in [2.24, 2.45) is 5.92 Å². The number of hydrogen-bond donors (Lipinski definition) is 1. The molecule has 0 unspecified atom stereocenters. The Bertz CT molecular complexity index is 842. The Morgan fingerprint density at radius 2 is 2.04 bits per heavy atom. The van der Waals surface area contributed by atoms with Gasteiger partial charge >= 0.3 is 11.2 Å². The van der Waals surface area contributed by atoms with Gasteiger partial charge in [0.05, 0.1) is 4.92 Å². The third-order valence-electron chi connectivity index (χ3n) is 4.80. The van der Waals surface area contributed by atoms with E-state index in [1.165, 1.54) is 23.4 Å². The van der Waals surface area contributed by atoms with Gasteiger partial charge in [0, 0.05) is 18.8 Å². The number of likely N-dealkylation sites (tertiary alicyclic amines) is 1. The molecule has 1 fully saturated rings. The van der Waals surface area contributed by atoms with E-state index < -0.39 is 16.2 Å². The second kappa shape index (κ2) is 7.82. The van der Waals surface area contributed by atoms with Crippen molar-refractivity contribution in [1.82, 2.24) is 14.3 Å². The van der Waals surface area contributed by atoms with Crippen LogP contribution in [0.25, 0.3) is 5.65 Å². The van der Waals surface area contributed by atoms with Crippen LogP contribution in [0.3, 0.4) is 0 Å². The molecule has 26 heavy (non-hydrogen) atoms. The van der Waals surface area contributed by atoms with Crippen molar-refractivity contribution in [2.75, 3.05) is 25.0 Å². The molecule has 0 aliphatic carbocycles. The molecule has 0 amide bonds. The van der Waals surface area contributed by atoms with Gasteiger partial charge in [-0.15, -0.1) is 0 Å². The summed E-state index contributed by atoms with van der Waals surface area (Å²) < 4.78 is 1.20. The van der Waals surface area contributed by atoms with Gasteiger partial charge in [-0.2, -0.15) is 0 Å². The lowest BCUT2D eigenvalue weighted by Gasteiger charge is -2.29. The Morgan fingerprint density at radius 1 is 1.31 bits per heavy atom. The molecule has 0 bridgehead atoms. The minimum Gasteiger partial charge on any atom is -0.363 e.